The van der Waals surface area contributed by atoms with Crippen molar-refractivity contribution in [3.8, 4) is 22.5 Å². The summed E-state index contributed by atoms with van der Waals surface area (Å²) < 4.78 is 35.8. The zero-order valence-corrected chi connectivity index (χ0v) is 23.7. The van der Waals surface area contributed by atoms with E-state index in [2.05, 4.69) is 24.8 Å². The lowest BCUT2D eigenvalue weighted by Crippen LogP contribution is -2.35. The van der Waals surface area contributed by atoms with Crippen molar-refractivity contribution in [1.82, 2.24) is 19.9 Å². The van der Waals surface area contributed by atoms with E-state index in [1.807, 2.05) is 13.0 Å². The number of fused-ring (bicyclic) bond motifs is 1. The second-order valence-corrected chi connectivity index (χ2v) is 10.4. The number of carbonyl (C=O) groups is 1. The predicted molar refractivity (Wildman–Crippen MR) is 157 cm³/mol. The number of nitrogens with one attached hydrogen (secondary N) is 1. The fourth-order valence-electron chi connectivity index (χ4n) is 5.39. The number of imidazole rings is 1. The van der Waals surface area contributed by atoms with Crippen molar-refractivity contribution >= 4 is 23.0 Å². The number of hydrogen-bond acceptors (Lipinski definition) is 6. The Morgan fingerprint density at radius 3 is 2.54 bits per heavy atom. The van der Waals surface area contributed by atoms with E-state index in [-0.39, 0.29) is 5.97 Å². The van der Waals surface area contributed by atoms with Gasteiger partial charge in [-0.2, -0.15) is 0 Å². The Labute approximate surface area is 238 Å². The van der Waals surface area contributed by atoms with Gasteiger partial charge in [0.1, 0.15) is 11.6 Å². The standard InChI is InChI=1S/C32H35F2N5O2/c1-4-13-32(34,5-2)24-8-10-27-28(18-24)38-30(37-27)25-9-7-22(17-26(25)33)23-19-35-31(36-20-23)39-14-11-21(12-15-39)16-29(40)41-6-3/h4,7-10,13,17-21H,5-6,11-12,14-16H2,1-3H3,(H,37,38). The highest BCUT2D eigenvalue weighted by molar-refractivity contribution is 5.81. The molecule has 0 spiro atoms. The van der Waals surface area contributed by atoms with Crippen molar-refractivity contribution in [3.63, 3.8) is 0 Å². The summed E-state index contributed by atoms with van der Waals surface area (Å²) in [6.07, 6.45) is 9.17. The van der Waals surface area contributed by atoms with Crippen LogP contribution in [0.1, 0.15) is 52.0 Å². The van der Waals surface area contributed by atoms with Crippen LogP contribution in [-0.4, -0.2) is 45.6 Å². The lowest BCUT2D eigenvalue weighted by atomic mass is 9.92. The van der Waals surface area contributed by atoms with Gasteiger partial charge in [0.15, 0.2) is 5.67 Å². The normalized spacial score (nSPS) is 15.9. The zero-order chi connectivity index (χ0) is 29.0. The van der Waals surface area contributed by atoms with Gasteiger partial charge >= 0.3 is 5.97 Å². The van der Waals surface area contributed by atoms with E-state index in [1.165, 1.54) is 6.07 Å². The third kappa shape index (κ3) is 6.14. The van der Waals surface area contributed by atoms with E-state index in [0.29, 0.717) is 70.4 Å². The number of nitrogens with zero attached hydrogens (tertiary/aromatic N) is 4. The Bertz CT molecular complexity index is 1540. The first-order chi connectivity index (χ1) is 19.8. The maximum atomic E-state index is 15.4. The number of rotatable bonds is 9. The fourth-order valence-corrected chi connectivity index (χ4v) is 5.39. The number of benzene rings is 2. The van der Waals surface area contributed by atoms with Gasteiger partial charge < -0.3 is 14.6 Å². The molecule has 0 amide bonds. The number of allylic oxidation sites excluding steroid dienone is 2. The molecule has 1 aliphatic heterocycles. The molecule has 0 saturated carbocycles. The first kappa shape index (κ1) is 28.4. The van der Waals surface area contributed by atoms with Gasteiger partial charge in [-0.05, 0) is 80.5 Å². The molecule has 1 fully saturated rings. The van der Waals surface area contributed by atoms with Crippen LogP contribution in [-0.2, 0) is 15.2 Å². The average molecular weight is 560 g/mol. The molecule has 9 heteroatoms. The van der Waals surface area contributed by atoms with Crippen LogP contribution in [0, 0.1) is 11.7 Å². The first-order valence-corrected chi connectivity index (χ1v) is 14.2. The number of H-pyrrole nitrogens is 1. The molecule has 2 aromatic heterocycles. The predicted octanol–water partition coefficient (Wildman–Crippen LogP) is 7.15. The molecule has 7 nitrogen and oxygen atoms in total. The van der Waals surface area contributed by atoms with E-state index in [0.717, 1.165) is 25.9 Å². The number of halogens is 2. The highest BCUT2D eigenvalue weighted by atomic mass is 19.1. The van der Waals surface area contributed by atoms with Gasteiger partial charge in [0.05, 0.1) is 23.2 Å². The third-order valence-electron chi connectivity index (χ3n) is 7.76. The summed E-state index contributed by atoms with van der Waals surface area (Å²) in [4.78, 5) is 30.6. The van der Waals surface area contributed by atoms with Crippen molar-refractivity contribution in [1.29, 1.82) is 0 Å². The van der Waals surface area contributed by atoms with Crippen molar-refractivity contribution < 1.29 is 18.3 Å². The summed E-state index contributed by atoms with van der Waals surface area (Å²) in [5.74, 6) is 0.741. The molecule has 2 aromatic carbocycles. The monoisotopic (exact) mass is 559 g/mol. The molecule has 3 heterocycles. The van der Waals surface area contributed by atoms with E-state index in [9.17, 15) is 4.79 Å². The molecular weight excluding hydrogens is 524 g/mol. The minimum absolute atomic E-state index is 0.140. The fraction of sp³-hybridized carbons (Fsp3) is 0.375. The number of aromatic nitrogens is 4. The van der Waals surface area contributed by atoms with Crippen molar-refractivity contribution in [2.45, 2.75) is 52.1 Å². The van der Waals surface area contributed by atoms with E-state index in [1.54, 1.807) is 62.7 Å². The first-order valence-electron chi connectivity index (χ1n) is 14.2. The van der Waals surface area contributed by atoms with Gasteiger partial charge in [0, 0.05) is 37.5 Å². The molecule has 5 rings (SSSR count). The number of anilines is 1. The van der Waals surface area contributed by atoms with Crippen LogP contribution >= 0.6 is 0 Å². The number of aromatic amines is 1. The molecule has 1 unspecified atom stereocenters. The second kappa shape index (κ2) is 12.2. The number of esters is 1. The molecule has 1 saturated heterocycles. The van der Waals surface area contributed by atoms with Crippen LogP contribution < -0.4 is 4.90 Å². The van der Waals surface area contributed by atoms with E-state index in [4.69, 9.17) is 4.74 Å². The van der Waals surface area contributed by atoms with Crippen molar-refractivity contribution in [2.24, 2.45) is 5.92 Å². The topological polar surface area (TPSA) is 84.0 Å². The number of alkyl halides is 1. The van der Waals surface area contributed by atoms with E-state index >= 15 is 8.78 Å². The van der Waals surface area contributed by atoms with Gasteiger partial charge in [-0.25, -0.2) is 23.7 Å². The lowest BCUT2D eigenvalue weighted by molar-refractivity contribution is -0.144. The third-order valence-corrected chi connectivity index (χ3v) is 7.76. The van der Waals surface area contributed by atoms with Crippen LogP contribution in [0.5, 0.6) is 0 Å². The van der Waals surface area contributed by atoms with Crippen LogP contribution in [0.15, 0.2) is 60.9 Å². The van der Waals surface area contributed by atoms with Crippen LogP contribution in [0.3, 0.4) is 0 Å². The maximum Gasteiger partial charge on any atom is 0.306 e. The Hall–Kier alpha value is -4.14. The van der Waals surface area contributed by atoms with Crippen LogP contribution in [0.4, 0.5) is 14.7 Å². The number of ether oxygens (including phenoxy) is 1. The zero-order valence-electron chi connectivity index (χ0n) is 23.7. The summed E-state index contributed by atoms with van der Waals surface area (Å²) in [5.41, 5.74) is 1.93. The molecule has 1 atom stereocenters. The molecule has 0 bridgehead atoms. The number of piperidine rings is 1. The van der Waals surface area contributed by atoms with Gasteiger partial charge in [-0.1, -0.05) is 25.1 Å². The Morgan fingerprint density at radius 2 is 1.88 bits per heavy atom. The minimum atomic E-state index is -1.57. The Kier molecular flexibility index (Phi) is 8.42. The van der Waals surface area contributed by atoms with Crippen molar-refractivity contribution in [3.05, 3.63) is 72.3 Å². The van der Waals surface area contributed by atoms with Crippen LogP contribution in [0.2, 0.25) is 0 Å². The van der Waals surface area contributed by atoms with Gasteiger partial charge in [0.25, 0.3) is 0 Å². The quantitative estimate of drug-likeness (QED) is 0.173. The van der Waals surface area contributed by atoms with Gasteiger partial charge in [-0.15, -0.1) is 0 Å². The largest absolute Gasteiger partial charge is 0.466 e. The summed E-state index contributed by atoms with van der Waals surface area (Å²) >= 11 is 0. The minimum Gasteiger partial charge on any atom is -0.466 e. The molecule has 41 heavy (non-hydrogen) atoms. The Balaban J connectivity index is 1.28. The molecule has 0 radical (unpaired) electrons. The average Bonchev–Trinajstić information content (AvgIpc) is 3.41. The lowest BCUT2D eigenvalue weighted by Gasteiger charge is -2.31. The summed E-state index contributed by atoms with van der Waals surface area (Å²) in [5, 5.41) is 0. The molecule has 4 aromatic rings. The smallest absolute Gasteiger partial charge is 0.306 e. The number of carbonyl (C=O) groups excluding carboxylic acids is 1. The van der Waals surface area contributed by atoms with Gasteiger partial charge in [0.2, 0.25) is 5.95 Å². The molecule has 214 valence electrons. The highest BCUT2D eigenvalue weighted by Gasteiger charge is 2.27. The summed E-state index contributed by atoms with van der Waals surface area (Å²) in [6, 6.07) is 10.2. The van der Waals surface area contributed by atoms with E-state index < -0.39 is 11.5 Å². The van der Waals surface area contributed by atoms with Crippen LogP contribution in [0.25, 0.3) is 33.5 Å². The highest BCUT2D eigenvalue weighted by Crippen LogP contribution is 2.34. The molecule has 1 aliphatic rings. The van der Waals surface area contributed by atoms with Crippen molar-refractivity contribution in [2.75, 3.05) is 24.6 Å². The SMILES string of the molecule is CC=CC(F)(CC)c1ccc2nc(-c3ccc(-c4cnc(N5CCC(CC(=O)OCC)CC5)nc4)cc3F)[nH]c2c1. The molecule has 1 N–H and O–H groups in total. The second-order valence-electron chi connectivity index (χ2n) is 10.4. The van der Waals surface area contributed by atoms with Gasteiger partial charge in [-0.3, -0.25) is 4.79 Å². The number of hydrogen-bond donors (Lipinski definition) is 1. The maximum absolute atomic E-state index is 15.4. The Morgan fingerprint density at radius 1 is 1.12 bits per heavy atom. The molecule has 0 aliphatic carbocycles. The molecular formula is C32H35F2N5O2. The summed E-state index contributed by atoms with van der Waals surface area (Å²) in [6.45, 7) is 7.36. The summed E-state index contributed by atoms with van der Waals surface area (Å²) in [7, 11) is 0.